The molecular formula is C25H30N2O5. The van der Waals surface area contributed by atoms with Crippen molar-refractivity contribution in [2.24, 2.45) is 0 Å². The Morgan fingerprint density at radius 2 is 1.88 bits per heavy atom. The van der Waals surface area contributed by atoms with Gasteiger partial charge in [0, 0.05) is 12.2 Å². The molecule has 2 heterocycles. The first-order valence-corrected chi connectivity index (χ1v) is 11.1. The number of rotatable bonds is 8. The lowest BCUT2D eigenvalue weighted by atomic mass is 9.83. The largest absolute Gasteiger partial charge is 0.490 e. The predicted molar refractivity (Wildman–Crippen MR) is 119 cm³/mol. The van der Waals surface area contributed by atoms with Crippen LogP contribution < -0.4 is 4.74 Å². The molecule has 170 valence electrons. The number of aryl methyl sites for hydroxylation is 2. The zero-order chi connectivity index (χ0) is 22.6. The van der Waals surface area contributed by atoms with Crippen LogP contribution in [-0.4, -0.2) is 46.3 Å². The first kappa shape index (κ1) is 22.5. The number of hydrogen-bond donors (Lipinski definition) is 2. The molecule has 32 heavy (non-hydrogen) atoms. The summed E-state index contributed by atoms with van der Waals surface area (Å²) in [6.07, 6.45) is 2.69. The third kappa shape index (κ3) is 4.85. The number of aliphatic hydroxyl groups is 2. The van der Waals surface area contributed by atoms with Gasteiger partial charge < -0.3 is 24.2 Å². The first-order valence-electron chi connectivity index (χ1n) is 11.1. The molecule has 0 spiro atoms. The van der Waals surface area contributed by atoms with Crippen LogP contribution in [0.1, 0.15) is 41.8 Å². The quantitative estimate of drug-likeness (QED) is 0.553. The van der Waals surface area contributed by atoms with Crippen LogP contribution in [0.4, 0.5) is 0 Å². The molecule has 0 amide bonds. The zero-order valence-electron chi connectivity index (χ0n) is 18.6. The summed E-state index contributed by atoms with van der Waals surface area (Å²) >= 11 is 0. The maximum atomic E-state index is 9.56. The van der Waals surface area contributed by atoms with Crippen LogP contribution in [0.15, 0.2) is 47.0 Å². The van der Waals surface area contributed by atoms with E-state index >= 15 is 0 Å². The molecule has 2 aromatic carbocycles. The monoisotopic (exact) mass is 438 g/mol. The van der Waals surface area contributed by atoms with E-state index in [1.807, 2.05) is 44.2 Å². The zero-order valence-corrected chi connectivity index (χ0v) is 18.6. The standard InChI is InChI=1S/C25H30N2O5/c1-17-12-19(13-18(2)23(17)30-16-21(29)15-28)24-26-22(32-27-24)14-25(10-6-7-11-31-25)20-8-4-3-5-9-20/h3-5,8-9,12-13,21,28-29H,6-7,10-11,14-16H2,1-2H3. The van der Waals surface area contributed by atoms with E-state index < -0.39 is 11.7 Å². The van der Waals surface area contributed by atoms with Crippen LogP contribution in [-0.2, 0) is 16.8 Å². The Kier molecular flexibility index (Phi) is 6.89. The smallest absolute Gasteiger partial charge is 0.230 e. The molecule has 1 fully saturated rings. The molecule has 1 aromatic heterocycles. The highest BCUT2D eigenvalue weighted by atomic mass is 16.5. The van der Waals surface area contributed by atoms with Crippen molar-refractivity contribution in [3.63, 3.8) is 0 Å². The Morgan fingerprint density at radius 1 is 1.12 bits per heavy atom. The molecule has 4 rings (SSSR count). The van der Waals surface area contributed by atoms with Crippen LogP contribution in [0.25, 0.3) is 11.4 Å². The van der Waals surface area contributed by atoms with Crippen LogP contribution >= 0.6 is 0 Å². The molecule has 2 N–H and O–H groups in total. The summed E-state index contributed by atoms with van der Waals surface area (Å²) in [4.78, 5) is 4.67. The van der Waals surface area contributed by atoms with Crippen molar-refractivity contribution in [1.29, 1.82) is 0 Å². The van der Waals surface area contributed by atoms with E-state index in [0.29, 0.717) is 23.9 Å². The molecule has 2 atom stereocenters. The fourth-order valence-electron chi connectivity index (χ4n) is 4.29. The number of ether oxygens (including phenoxy) is 2. The third-order valence-corrected chi connectivity index (χ3v) is 5.91. The molecule has 2 unspecified atom stereocenters. The van der Waals surface area contributed by atoms with Gasteiger partial charge in [-0.3, -0.25) is 0 Å². The molecule has 0 saturated carbocycles. The molecule has 1 saturated heterocycles. The lowest BCUT2D eigenvalue weighted by Crippen LogP contribution is -2.36. The molecule has 0 aliphatic carbocycles. The second-order valence-electron chi connectivity index (χ2n) is 8.44. The number of benzene rings is 2. The summed E-state index contributed by atoms with van der Waals surface area (Å²) in [7, 11) is 0. The van der Waals surface area contributed by atoms with Gasteiger partial charge in [0.2, 0.25) is 11.7 Å². The Bertz CT molecular complexity index is 1000. The lowest BCUT2D eigenvalue weighted by Gasteiger charge is -2.37. The van der Waals surface area contributed by atoms with Crippen molar-refractivity contribution in [3.05, 3.63) is 65.0 Å². The van der Waals surface area contributed by atoms with E-state index in [0.717, 1.165) is 48.1 Å². The summed E-state index contributed by atoms with van der Waals surface area (Å²) in [5, 5.41) is 22.8. The normalized spacial score (nSPS) is 19.6. The Morgan fingerprint density at radius 3 is 2.53 bits per heavy atom. The number of aromatic nitrogens is 2. The molecule has 0 bridgehead atoms. The second kappa shape index (κ2) is 9.81. The van der Waals surface area contributed by atoms with E-state index in [1.54, 1.807) is 0 Å². The molecule has 7 heteroatoms. The van der Waals surface area contributed by atoms with Gasteiger partial charge in [-0.05, 0) is 61.9 Å². The fourth-order valence-corrected chi connectivity index (χ4v) is 4.29. The summed E-state index contributed by atoms with van der Waals surface area (Å²) in [6, 6.07) is 14.1. The van der Waals surface area contributed by atoms with Crippen molar-refractivity contribution < 1.29 is 24.2 Å². The minimum absolute atomic E-state index is 0.0332. The Hall–Kier alpha value is -2.74. The topological polar surface area (TPSA) is 97.8 Å². The maximum Gasteiger partial charge on any atom is 0.230 e. The van der Waals surface area contributed by atoms with Gasteiger partial charge in [0.15, 0.2) is 0 Å². The van der Waals surface area contributed by atoms with Gasteiger partial charge in [0.25, 0.3) is 0 Å². The van der Waals surface area contributed by atoms with E-state index in [9.17, 15) is 5.11 Å². The average molecular weight is 439 g/mol. The van der Waals surface area contributed by atoms with Gasteiger partial charge in [-0.1, -0.05) is 35.5 Å². The van der Waals surface area contributed by atoms with Crippen molar-refractivity contribution in [2.75, 3.05) is 19.8 Å². The van der Waals surface area contributed by atoms with E-state index in [2.05, 4.69) is 22.3 Å². The minimum Gasteiger partial charge on any atom is -0.490 e. The second-order valence-corrected chi connectivity index (χ2v) is 8.44. The minimum atomic E-state index is -0.910. The molecule has 1 aliphatic heterocycles. The summed E-state index contributed by atoms with van der Waals surface area (Å²) in [5.74, 6) is 1.75. The van der Waals surface area contributed by atoms with Crippen molar-refractivity contribution >= 4 is 0 Å². The number of hydrogen-bond acceptors (Lipinski definition) is 7. The van der Waals surface area contributed by atoms with Crippen LogP contribution in [0.2, 0.25) is 0 Å². The number of aliphatic hydroxyl groups excluding tert-OH is 2. The summed E-state index contributed by atoms with van der Waals surface area (Å²) in [6.45, 7) is 4.28. The SMILES string of the molecule is Cc1cc(-c2noc(CC3(c4ccccc4)CCCCO3)n2)cc(C)c1OCC(O)CO. The summed E-state index contributed by atoms with van der Waals surface area (Å²) in [5.41, 5.74) is 3.32. The third-order valence-electron chi connectivity index (χ3n) is 5.91. The van der Waals surface area contributed by atoms with Gasteiger partial charge in [0.05, 0.1) is 13.0 Å². The molecule has 3 aromatic rings. The van der Waals surface area contributed by atoms with Crippen LogP contribution in [0.3, 0.4) is 0 Å². The van der Waals surface area contributed by atoms with Gasteiger partial charge in [-0.2, -0.15) is 4.98 Å². The van der Waals surface area contributed by atoms with E-state index in [1.165, 1.54) is 0 Å². The molecule has 7 nitrogen and oxygen atoms in total. The lowest BCUT2D eigenvalue weighted by molar-refractivity contribution is -0.0874. The highest BCUT2D eigenvalue weighted by molar-refractivity contribution is 5.61. The molecule has 0 radical (unpaired) electrons. The molecular weight excluding hydrogens is 408 g/mol. The predicted octanol–water partition coefficient (Wildman–Crippen LogP) is 3.72. The Labute approximate surface area is 188 Å². The maximum absolute atomic E-state index is 9.56. The van der Waals surface area contributed by atoms with Gasteiger partial charge in [-0.25, -0.2) is 0 Å². The highest BCUT2D eigenvalue weighted by Crippen LogP contribution is 2.38. The average Bonchev–Trinajstić information content (AvgIpc) is 3.27. The highest BCUT2D eigenvalue weighted by Gasteiger charge is 2.37. The van der Waals surface area contributed by atoms with Gasteiger partial charge >= 0.3 is 0 Å². The van der Waals surface area contributed by atoms with Crippen molar-refractivity contribution in [2.45, 2.75) is 51.2 Å². The summed E-state index contributed by atoms with van der Waals surface area (Å²) < 4.78 is 17.6. The van der Waals surface area contributed by atoms with Crippen LogP contribution in [0.5, 0.6) is 5.75 Å². The number of nitrogens with zero attached hydrogens (tertiary/aromatic N) is 2. The fraction of sp³-hybridized carbons (Fsp3) is 0.440. The van der Waals surface area contributed by atoms with E-state index in [-0.39, 0.29) is 13.2 Å². The van der Waals surface area contributed by atoms with E-state index in [4.69, 9.17) is 19.1 Å². The van der Waals surface area contributed by atoms with Crippen molar-refractivity contribution in [3.8, 4) is 17.1 Å². The van der Waals surface area contributed by atoms with Crippen LogP contribution in [0, 0.1) is 13.8 Å². The first-order chi connectivity index (χ1) is 15.5. The molecule has 1 aliphatic rings. The van der Waals surface area contributed by atoms with Gasteiger partial charge in [0.1, 0.15) is 24.1 Å². The Balaban J connectivity index is 1.56. The van der Waals surface area contributed by atoms with Gasteiger partial charge in [-0.15, -0.1) is 0 Å². The van der Waals surface area contributed by atoms with Crippen molar-refractivity contribution in [1.82, 2.24) is 10.1 Å².